The van der Waals surface area contributed by atoms with Crippen LogP contribution in [0, 0.1) is 11.3 Å². The molecule has 0 aliphatic carbocycles. The lowest BCUT2D eigenvalue weighted by Crippen LogP contribution is -2.33. The van der Waals surface area contributed by atoms with Crippen LogP contribution in [0.4, 0.5) is 0 Å². The normalized spacial score (nSPS) is 15.4. The summed E-state index contributed by atoms with van der Waals surface area (Å²) in [6, 6.07) is 0. The molecule has 0 fully saturated rings. The summed E-state index contributed by atoms with van der Waals surface area (Å²) < 4.78 is 6.01. The molecule has 0 radical (unpaired) electrons. The van der Waals surface area contributed by atoms with Gasteiger partial charge in [-0.05, 0) is 44.4 Å². The summed E-state index contributed by atoms with van der Waals surface area (Å²) in [5.41, 5.74) is 0.325. The van der Waals surface area contributed by atoms with Crippen LogP contribution in [0.3, 0.4) is 0 Å². The summed E-state index contributed by atoms with van der Waals surface area (Å²) in [6.07, 6.45) is 3.39. The van der Waals surface area contributed by atoms with Gasteiger partial charge in [-0.15, -0.1) is 0 Å². The van der Waals surface area contributed by atoms with E-state index in [1.165, 1.54) is 6.42 Å². The average molecular weight is 260 g/mol. The molecule has 0 aliphatic rings. The lowest BCUT2D eigenvalue weighted by atomic mass is 9.76. The second-order valence-corrected chi connectivity index (χ2v) is 8.07. The molecule has 0 aromatic carbocycles. The van der Waals surface area contributed by atoms with Gasteiger partial charge in [-0.3, -0.25) is 0 Å². The van der Waals surface area contributed by atoms with Crippen molar-refractivity contribution in [1.82, 2.24) is 0 Å². The number of thiol groups is 1. The lowest BCUT2D eigenvalue weighted by molar-refractivity contribution is -0.0492. The quantitative estimate of drug-likeness (QED) is 0.607. The zero-order valence-corrected chi connectivity index (χ0v) is 13.7. The first-order valence-electron chi connectivity index (χ1n) is 6.86. The van der Waals surface area contributed by atoms with Crippen LogP contribution in [0.5, 0.6) is 0 Å². The van der Waals surface area contributed by atoms with Crippen LogP contribution >= 0.6 is 12.6 Å². The van der Waals surface area contributed by atoms with Gasteiger partial charge in [0, 0.05) is 11.9 Å². The van der Waals surface area contributed by atoms with E-state index in [1.54, 1.807) is 0 Å². The Kier molecular flexibility index (Phi) is 7.16. The largest absolute Gasteiger partial charge is 0.376 e. The SMILES string of the molecule is CC(C)CC(C)(C)CC(C)(C)OCCC(C)S. The van der Waals surface area contributed by atoms with E-state index in [9.17, 15) is 0 Å². The molecule has 0 aromatic heterocycles. The van der Waals surface area contributed by atoms with Gasteiger partial charge in [0.25, 0.3) is 0 Å². The molecule has 104 valence electrons. The monoisotopic (exact) mass is 260 g/mol. The fourth-order valence-electron chi connectivity index (χ4n) is 2.89. The smallest absolute Gasteiger partial charge is 0.0631 e. The molecule has 0 spiro atoms. The number of rotatable bonds is 8. The molecule has 0 rings (SSSR count). The van der Waals surface area contributed by atoms with E-state index in [1.807, 2.05) is 0 Å². The summed E-state index contributed by atoms with van der Waals surface area (Å²) in [5.74, 6) is 0.748. The minimum atomic E-state index is -0.0267. The highest BCUT2D eigenvalue weighted by molar-refractivity contribution is 7.80. The highest BCUT2D eigenvalue weighted by Gasteiger charge is 2.29. The standard InChI is InChI=1S/C15H32OS/c1-12(2)10-14(4,5)11-15(6,7)16-9-8-13(3)17/h12-13,17H,8-11H2,1-7H3. The van der Waals surface area contributed by atoms with Gasteiger partial charge < -0.3 is 4.74 Å². The molecule has 0 saturated carbocycles. The molecule has 2 heteroatoms. The van der Waals surface area contributed by atoms with Gasteiger partial charge in [-0.25, -0.2) is 0 Å². The van der Waals surface area contributed by atoms with Crippen molar-refractivity contribution in [2.75, 3.05) is 6.61 Å². The molecule has 0 heterocycles. The Morgan fingerprint density at radius 3 is 2.00 bits per heavy atom. The minimum absolute atomic E-state index is 0.0267. The predicted molar refractivity (Wildman–Crippen MR) is 80.9 cm³/mol. The third kappa shape index (κ3) is 9.96. The molecule has 1 atom stereocenters. The van der Waals surface area contributed by atoms with Crippen molar-refractivity contribution >= 4 is 12.6 Å². The minimum Gasteiger partial charge on any atom is -0.376 e. The van der Waals surface area contributed by atoms with Crippen molar-refractivity contribution in [2.24, 2.45) is 11.3 Å². The Balaban J connectivity index is 4.13. The number of ether oxygens (including phenoxy) is 1. The van der Waals surface area contributed by atoms with E-state index in [0.717, 1.165) is 25.4 Å². The first kappa shape index (κ1) is 17.3. The second-order valence-electron chi connectivity index (χ2n) is 7.18. The van der Waals surface area contributed by atoms with E-state index in [0.29, 0.717) is 10.7 Å². The summed E-state index contributed by atoms with van der Waals surface area (Å²) in [5, 5.41) is 0.425. The third-order valence-electron chi connectivity index (χ3n) is 2.89. The molecule has 1 nitrogen and oxygen atoms in total. The second kappa shape index (κ2) is 7.04. The molecule has 0 N–H and O–H groups in total. The van der Waals surface area contributed by atoms with E-state index in [2.05, 4.69) is 61.1 Å². The van der Waals surface area contributed by atoms with E-state index >= 15 is 0 Å². The van der Waals surface area contributed by atoms with Gasteiger partial charge in [0.15, 0.2) is 0 Å². The summed E-state index contributed by atoms with van der Waals surface area (Å²) in [7, 11) is 0. The Bertz CT molecular complexity index is 207. The Morgan fingerprint density at radius 2 is 1.59 bits per heavy atom. The lowest BCUT2D eigenvalue weighted by Gasteiger charge is -2.36. The summed E-state index contributed by atoms with van der Waals surface area (Å²) in [6.45, 7) is 16.6. The maximum Gasteiger partial charge on any atom is 0.0631 e. The first-order valence-corrected chi connectivity index (χ1v) is 7.38. The van der Waals surface area contributed by atoms with Crippen molar-refractivity contribution in [1.29, 1.82) is 0 Å². The Morgan fingerprint density at radius 1 is 1.06 bits per heavy atom. The summed E-state index contributed by atoms with van der Waals surface area (Å²) >= 11 is 4.38. The van der Waals surface area contributed by atoms with Crippen LogP contribution in [0.25, 0.3) is 0 Å². The van der Waals surface area contributed by atoms with Crippen LogP contribution in [0.2, 0.25) is 0 Å². The fraction of sp³-hybridized carbons (Fsp3) is 1.00. The number of hydrogen-bond acceptors (Lipinski definition) is 2. The molecule has 0 aliphatic heterocycles. The van der Waals surface area contributed by atoms with Gasteiger partial charge in [-0.1, -0.05) is 34.6 Å². The predicted octanol–water partition coefficient (Wildman–Crippen LogP) is 4.95. The molecule has 0 aromatic rings. The molecular formula is C15H32OS. The van der Waals surface area contributed by atoms with Crippen molar-refractivity contribution < 1.29 is 4.74 Å². The van der Waals surface area contributed by atoms with Crippen LogP contribution in [-0.2, 0) is 4.74 Å². The van der Waals surface area contributed by atoms with Crippen molar-refractivity contribution in [3.05, 3.63) is 0 Å². The van der Waals surface area contributed by atoms with Crippen molar-refractivity contribution in [3.8, 4) is 0 Å². The van der Waals surface area contributed by atoms with Gasteiger partial charge in [0.2, 0.25) is 0 Å². The highest BCUT2D eigenvalue weighted by Crippen LogP contribution is 2.35. The van der Waals surface area contributed by atoms with E-state index in [4.69, 9.17) is 4.74 Å². The molecule has 17 heavy (non-hydrogen) atoms. The Labute approximate surface area is 114 Å². The molecule has 0 bridgehead atoms. The van der Waals surface area contributed by atoms with Crippen molar-refractivity contribution in [2.45, 2.75) is 78.6 Å². The van der Waals surface area contributed by atoms with Crippen LogP contribution in [0.15, 0.2) is 0 Å². The average Bonchev–Trinajstić information content (AvgIpc) is 1.95. The van der Waals surface area contributed by atoms with Gasteiger partial charge in [-0.2, -0.15) is 12.6 Å². The third-order valence-corrected chi connectivity index (χ3v) is 3.15. The number of hydrogen-bond donors (Lipinski definition) is 1. The summed E-state index contributed by atoms with van der Waals surface area (Å²) in [4.78, 5) is 0. The van der Waals surface area contributed by atoms with E-state index < -0.39 is 0 Å². The zero-order chi connectivity index (χ0) is 13.7. The Hall–Kier alpha value is 0.310. The molecule has 1 unspecified atom stereocenters. The van der Waals surface area contributed by atoms with Crippen LogP contribution in [0.1, 0.15) is 67.7 Å². The fourth-order valence-corrected chi connectivity index (χ4v) is 2.99. The maximum absolute atomic E-state index is 6.01. The van der Waals surface area contributed by atoms with Crippen LogP contribution in [-0.4, -0.2) is 17.5 Å². The first-order chi connectivity index (χ1) is 7.54. The highest BCUT2D eigenvalue weighted by atomic mass is 32.1. The molecular weight excluding hydrogens is 228 g/mol. The van der Waals surface area contributed by atoms with Gasteiger partial charge in [0.1, 0.15) is 0 Å². The van der Waals surface area contributed by atoms with Gasteiger partial charge >= 0.3 is 0 Å². The van der Waals surface area contributed by atoms with Crippen LogP contribution < -0.4 is 0 Å². The van der Waals surface area contributed by atoms with Gasteiger partial charge in [0.05, 0.1) is 5.60 Å². The zero-order valence-electron chi connectivity index (χ0n) is 12.8. The van der Waals surface area contributed by atoms with Crippen molar-refractivity contribution in [3.63, 3.8) is 0 Å². The van der Waals surface area contributed by atoms with E-state index in [-0.39, 0.29) is 5.60 Å². The maximum atomic E-state index is 6.01. The molecule has 0 amide bonds. The molecule has 0 saturated heterocycles. The topological polar surface area (TPSA) is 9.23 Å².